The van der Waals surface area contributed by atoms with E-state index in [1.807, 2.05) is 25.1 Å². The summed E-state index contributed by atoms with van der Waals surface area (Å²) in [5, 5.41) is 9.32. The second-order valence-corrected chi connectivity index (χ2v) is 9.25. The van der Waals surface area contributed by atoms with E-state index in [1.54, 1.807) is 24.5 Å². The summed E-state index contributed by atoms with van der Waals surface area (Å²) in [7, 11) is 0.229. The number of nitrogens with zero attached hydrogens (tertiary/aromatic N) is 2. The number of hydrogen-bond acceptors (Lipinski definition) is 4. The van der Waals surface area contributed by atoms with Crippen LogP contribution in [0.2, 0.25) is 0 Å². The second kappa shape index (κ2) is 11.2. The summed E-state index contributed by atoms with van der Waals surface area (Å²) in [6.45, 7) is 3.66. The maximum Gasteiger partial charge on any atom is 0.251 e. The van der Waals surface area contributed by atoms with Crippen molar-refractivity contribution in [1.29, 1.82) is 0 Å². The van der Waals surface area contributed by atoms with Crippen LogP contribution in [0.3, 0.4) is 0 Å². The third kappa shape index (κ3) is 7.01. The third-order valence-electron chi connectivity index (χ3n) is 5.00. The number of aliphatic imine (C=N–C) groups is 1. The first-order valence-corrected chi connectivity index (χ1v) is 11.8. The molecule has 1 fully saturated rings. The van der Waals surface area contributed by atoms with E-state index in [2.05, 4.69) is 20.9 Å². The molecule has 0 radical (unpaired) electrons. The minimum Gasteiger partial charge on any atom is -0.356 e. The lowest BCUT2D eigenvalue weighted by Gasteiger charge is -2.32. The molecule has 0 aromatic heterocycles. The van der Waals surface area contributed by atoms with E-state index in [0.717, 1.165) is 24.8 Å². The van der Waals surface area contributed by atoms with Crippen molar-refractivity contribution in [1.82, 2.24) is 20.3 Å². The Kier molecular flexibility index (Phi) is 8.91. The van der Waals surface area contributed by atoms with Crippen LogP contribution in [0.4, 0.5) is 0 Å². The number of carbonyl (C=O) groups excluding carboxylic acids is 1. The normalized spacial score (nSPS) is 16.4. The average molecular weight is 424 g/mol. The molecule has 162 valence electrons. The van der Waals surface area contributed by atoms with Crippen molar-refractivity contribution in [3.8, 4) is 0 Å². The summed E-state index contributed by atoms with van der Waals surface area (Å²) >= 11 is 0. The van der Waals surface area contributed by atoms with Gasteiger partial charge in [0.2, 0.25) is 10.0 Å². The molecule has 8 nitrogen and oxygen atoms in total. The Hall–Kier alpha value is -2.13. The van der Waals surface area contributed by atoms with E-state index in [0.29, 0.717) is 37.6 Å². The summed E-state index contributed by atoms with van der Waals surface area (Å²) in [6, 6.07) is 7.77. The monoisotopic (exact) mass is 423 g/mol. The van der Waals surface area contributed by atoms with Crippen LogP contribution in [0.1, 0.15) is 42.1 Å². The summed E-state index contributed by atoms with van der Waals surface area (Å²) in [5.41, 5.74) is 1.72. The van der Waals surface area contributed by atoms with Crippen LogP contribution in [-0.2, 0) is 16.4 Å². The van der Waals surface area contributed by atoms with Crippen molar-refractivity contribution in [2.24, 2.45) is 4.99 Å². The van der Waals surface area contributed by atoms with Gasteiger partial charge in [-0.25, -0.2) is 12.7 Å². The number of hydrogen-bond donors (Lipinski definition) is 3. The fraction of sp³-hybridized carbons (Fsp3) is 0.600. The van der Waals surface area contributed by atoms with E-state index in [-0.39, 0.29) is 17.7 Å². The van der Waals surface area contributed by atoms with Crippen molar-refractivity contribution in [2.45, 2.75) is 38.6 Å². The zero-order valence-corrected chi connectivity index (χ0v) is 18.4. The molecule has 29 heavy (non-hydrogen) atoms. The largest absolute Gasteiger partial charge is 0.356 e. The molecule has 1 heterocycles. The molecular weight excluding hydrogens is 390 g/mol. The smallest absolute Gasteiger partial charge is 0.251 e. The zero-order chi connectivity index (χ0) is 21.3. The van der Waals surface area contributed by atoms with E-state index in [1.165, 1.54) is 0 Å². The lowest BCUT2D eigenvalue weighted by atomic mass is 10.1. The van der Waals surface area contributed by atoms with Crippen molar-refractivity contribution in [2.75, 3.05) is 39.5 Å². The lowest BCUT2D eigenvalue weighted by molar-refractivity contribution is 0.0963. The van der Waals surface area contributed by atoms with Gasteiger partial charge in [-0.05, 0) is 43.4 Å². The first-order chi connectivity index (χ1) is 13.9. The van der Waals surface area contributed by atoms with Crippen LogP contribution in [0.15, 0.2) is 29.3 Å². The molecule has 0 bridgehead atoms. The molecule has 0 atom stereocenters. The second-order valence-electron chi connectivity index (χ2n) is 7.16. The molecule has 0 spiro atoms. The van der Waals surface area contributed by atoms with Gasteiger partial charge in [0.05, 0.1) is 5.75 Å². The molecule has 0 saturated carbocycles. The number of nitrogens with one attached hydrogen (secondary N) is 3. The van der Waals surface area contributed by atoms with E-state index in [9.17, 15) is 13.2 Å². The van der Waals surface area contributed by atoms with Crippen LogP contribution >= 0.6 is 0 Å². The van der Waals surface area contributed by atoms with Crippen molar-refractivity contribution >= 4 is 21.9 Å². The highest BCUT2D eigenvalue weighted by molar-refractivity contribution is 7.89. The summed E-state index contributed by atoms with van der Waals surface area (Å²) < 4.78 is 26.0. The maximum absolute atomic E-state index is 12.2. The van der Waals surface area contributed by atoms with Gasteiger partial charge in [-0.2, -0.15) is 0 Å². The molecule has 2 rings (SSSR count). The van der Waals surface area contributed by atoms with E-state index >= 15 is 0 Å². The zero-order valence-electron chi connectivity index (χ0n) is 17.6. The van der Waals surface area contributed by atoms with Crippen LogP contribution in [0.25, 0.3) is 0 Å². The Morgan fingerprint density at radius 3 is 2.62 bits per heavy atom. The Bertz CT molecular complexity index is 802. The lowest BCUT2D eigenvalue weighted by Crippen LogP contribution is -2.50. The summed E-state index contributed by atoms with van der Waals surface area (Å²) in [5.74, 6) is 0.835. The van der Waals surface area contributed by atoms with Crippen molar-refractivity contribution in [3.05, 3.63) is 35.4 Å². The van der Waals surface area contributed by atoms with Gasteiger partial charge >= 0.3 is 0 Å². The molecule has 0 aliphatic carbocycles. The number of guanidine groups is 1. The third-order valence-corrected chi connectivity index (χ3v) is 7.07. The van der Waals surface area contributed by atoms with E-state index in [4.69, 9.17) is 0 Å². The van der Waals surface area contributed by atoms with Gasteiger partial charge < -0.3 is 16.0 Å². The summed E-state index contributed by atoms with van der Waals surface area (Å²) in [4.78, 5) is 16.0. The first-order valence-electron chi connectivity index (χ1n) is 10.2. The van der Waals surface area contributed by atoms with Gasteiger partial charge in [0.1, 0.15) is 0 Å². The molecule has 1 aliphatic rings. The van der Waals surface area contributed by atoms with Gasteiger partial charge in [0, 0.05) is 45.3 Å². The van der Waals surface area contributed by atoms with Crippen molar-refractivity contribution < 1.29 is 13.2 Å². The highest BCUT2D eigenvalue weighted by atomic mass is 32.2. The minimum atomic E-state index is -3.12. The Labute approximate surface area is 174 Å². The molecule has 0 unspecified atom stereocenters. The maximum atomic E-state index is 12.2. The Morgan fingerprint density at radius 2 is 2.00 bits per heavy atom. The molecule has 9 heteroatoms. The number of rotatable bonds is 8. The SMILES string of the molecule is CCCS(=O)(=O)N1CCC(NC(=NC)NCCc2cccc(C(=O)NC)c2)CC1. The van der Waals surface area contributed by atoms with E-state index < -0.39 is 10.0 Å². The van der Waals surface area contributed by atoms with Crippen molar-refractivity contribution in [3.63, 3.8) is 0 Å². The van der Waals surface area contributed by atoms with Gasteiger partial charge in [-0.1, -0.05) is 19.1 Å². The Morgan fingerprint density at radius 1 is 1.28 bits per heavy atom. The quantitative estimate of drug-likeness (QED) is 0.427. The molecular formula is C20H33N5O3S. The molecule has 1 aromatic carbocycles. The molecule has 1 amide bonds. The summed E-state index contributed by atoms with van der Waals surface area (Å²) in [6.07, 6.45) is 2.93. The number of sulfonamides is 1. The van der Waals surface area contributed by atoms with Gasteiger partial charge in [-0.15, -0.1) is 0 Å². The van der Waals surface area contributed by atoms with Gasteiger partial charge in [0.15, 0.2) is 5.96 Å². The van der Waals surface area contributed by atoms with Crippen LogP contribution in [-0.4, -0.2) is 70.1 Å². The standard InChI is InChI=1S/C20H33N5O3S/c1-4-14-29(27,28)25-12-9-18(10-13-25)24-20(22-3)23-11-8-16-6-5-7-17(15-16)19(26)21-2/h5-7,15,18H,4,8-14H2,1-3H3,(H,21,26)(H2,22,23,24). The molecule has 1 aliphatic heterocycles. The molecule has 3 N–H and O–H groups in total. The number of benzene rings is 1. The van der Waals surface area contributed by atoms with Gasteiger partial charge in [0.25, 0.3) is 5.91 Å². The topological polar surface area (TPSA) is 103 Å². The predicted octanol–water partition coefficient (Wildman–Crippen LogP) is 0.958. The average Bonchev–Trinajstić information content (AvgIpc) is 2.73. The van der Waals surface area contributed by atoms with Crippen LogP contribution in [0.5, 0.6) is 0 Å². The Balaban J connectivity index is 1.78. The van der Waals surface area contributed by atoms with Crippen LogP contribution in [0, 0.1) is 0 Å². The fourth-order valence-corrected chi connectivity index (χ4v) is 4.93. The molecule has 1 aromatic rings. The fourth-order valence-electron chi connectivity index (χ4n) is 3.39. The minimum absolute atomic E-state index is 0.0930. The highest BCUT2D eigenvalue weighted by Crippen LogP contribution is 2.15. The number of carbonyl (C=O) groups is 1. The number of piperidine rings is 1. The first kappa shape index (κ1) is 23.2. The predicted molar refractivity (Wildman–Crippen MR) is 117 cm³/mol. The van der Waals surface area contributed by atoms with Crippen LogP contribution < -0.4 is 16.0 Å². The number of amides is 1. The highest BCUT2D eigenvalue weighted by Gasteiger charge is 2.27. The molecule has 1 saturated heterocycles. The van der Waals surface area contributed by atoms with Gasteiger partial charge in [-0.3, -0.25) is 9.79 Å².